The number of hydrogen-bond donors (Lipinski definition) is 1. The van der Waals surface area contributed by atoms with Gasteiger partial charge in [0.15, 0.2) is 0 Å². The molecule has 0 spiro atoms. The van der Waals surface area contributed by atoms with Crippen molar-refractivity contribution in [2.45, 2.75) is 26.8 Å². The molecule has 2 aromatic rings. The molecular formula is C11H15N5O2S. The molecule has 0 saturated carbocycles. The molecule has 0 amide bonds. The summed E-state index contributed by atoms with van der Waals surface area (Å²) in [5, 5.41) is 21.3. The Hall–Kier alpha value is -1.96. The van der Waals surface area contributed by atoms with E-state index in [1.807, 2.05) is 12.3 Å². The topological polar surface area (TPSA) is 85.9 Å². The van der Waals surface area contributed by atoms with Gasteiger partial charge in [-0.1, -0.05) is 0 Å². The van der Waals surface area contributed by atoms with Gasteiger partial charge >= 0.3 is 5.69 Å². The highest BCUT2D eigenvalue weighted by Gasteiger charge is 2.24. The number of nitrogens with zero attached hydrogens (tertiary/aromatic N) is 4. The number of rotatable bonds is 6. The molecular weight excluding hydrogens is 266 g/mol. The second-order valence-corrected chi connectivity index (χ2v) is 4.94. The molecule has 0 aromatic carbocycles. The summed E-state index contributed by atoms with van der Waals surface area (Å²) in [7, 11) is 0. The van der Waals surface area contributed by atoms with Crippen molar-refractivity contribution in [2.75, 3.05) is 11.9 Å². The van der Waals surface area contributed by atoms with Crippen LogP contribution in [0, 0.1) is 17.0 Å². The summed E-state index contributed by atoms with van der Waals surface area (Å²) < 4.78 is 1.62. The van der Waals surface area contributed by atoms with Gasteiger partial charge in [-0.3, -0.25) is 10.1 Å². The van der Waals surface area contributed by atoms with E-state index in [4.69, 9.17) is 0 Å². The lowest BCUT2D eigenvalue weighted by Gasteiger charge is -2.06. The highest BCUT2D eigenvalue weighted by Crippen LogP contribution is 2.27. The first-order valence-electron chi connectivity index (χ1n) is 5.97. The monoisotopic (exact) mass is 281 g/mol. The molecule has 0 fully saturated rings. The van der Waals surface area contributed by atoms with Crippen LogP contribution in [0.3, 0.4) is 0 Å². The van der Waals surface area contributed by atoms with Crippen molar-refractivity contribution in [3.63, 3.8) is 0 Å². The molecule has 0 aliphatic heterocycles. The quantitative estimate of drug-likeness (QED) is 0.648. The third-order valence-corrected chi connectivity index (χ3v) is 3.53. The van der Waals surface area contributed by atoms with Crippen LogP contribution in [0.5, 0.6) is 0 Å². The maximum absolute atomic E-state index is 11.1. The van der Waals surface area contributed by atoms with Crippen LogP contribution < -0.4 is 5.32 Å². The van der Waals surface area contributed by atoms with Gasteiger partial charge in [0.2, 0.25) is 5.82 Å². The first-order valence-corrected chi connectivity index (χ1v) is 6.85. The van der Waals surface area contributed by atoms with Crippen LogP contribution in [0.4, 0.5) is 11.5 Å². The summed E-state index contributed by atoms with van der Waals surface area (Å²) in [5.74, 6) is 0.474. The maximum Gasteiger partial charge on any atom is 0.333 e. The van der Waals surface area contributed by atoms with Gasteiger partial charge in [0.05, 0.1) is 9.93 Å². The normalized spacial score (nSPS) is 10.6. The fourth-order valence-electron chi connectivity index (χ4n) is 1.86. The Bertz CT molecular complexity index is 564. The van der Waals surface area contributed by atoms with Gasteiger partial charge in [-0.25, -0.2) is 9.67 Å². The predicted octanol–water partition coefficient (Wildman–Crippen LogP) is 2.23. The minimum absolute atomic E-state index is 0.0565. The zero-order valence-corrected chi connectivity index (χ0v) is 11.6. The highest BCUT2D eigenvalue weighted by atomic mass is 32.1. The fourth-order valence-corrected chi connectivity index (χ4v) is 2.48. The van der Waals surface area contributed by atoms with Crippen molar-refractivity contribution in [1.29, 1.82) is 0 Å². The Morgan fingerprint density at radius 1 is 1.58 bits per heavy atom. The second-order valence-electron chi connectivity index (χ2n) is 3.96. The Kier molecular flexibility index (Phi) is 4.10. The van der Waals surface area contributed by atoms with E-state index in [0.717, 1.165) is 11.4 Å². The summed E-state index contributed by atoms with van der Waals surface area (Å²) >= 11 is 1.58. The maximum atomic E-state index is 11.1. The van der Waals surface area contributed by atoms with Crippen molar-refractivity contribution < 1.29 is 4.92 Å². The highest BCUT2D eigenvalue weighted by molar-refractivity contribution is 7.09. The second kappa shape index (κ2) is 5.79. The molecule has 0 unspecified atom stereocenters. The Labute approximate surface area is 114 Å². The summed E-state index contributed by atoms with van der Waals surface area (Å²) in [6.07, 6.45) is 2.49. The van der Waals surface area contributed by atoms with Gasteiger partial charge in [0.1, 0.15) is 5.69 Å². The van der Waals surface area contributed by atoms with Crippen molar-refractivity contribution in [2.24, 2.45) is 0 Å². The van der Waals surface area contributed by atoms with Gasteiger partial charge in [-0.15, -0.1) is 11.3 Å². The Morgan fingerprint density at radius 3 is 2.95 bits per heavy atom. The molecule has 0 aliphatic rings. The molecule has 8 heteroatoms. The zero-order chi connectivity index (χ0) is 13.8. The lowest BCUT2D eigenvalue weighted by molar-refractivity contribution is -0.384. The first-order chi connectivity index (χ1) is 9.13. The van der Waals surface area contributed by atoms with Gasteiger partial charge in [0.25, 0.3) is 0 Å². The number of hydrogen-bond acceptors (Lipinski definition) is 6. The van der Waals surface area contributed by atoms with Gasteiger partial charge in [-0.2, -0.15) is 5.10 Å². The van der Waals surface area contributed by atoms with E-state index in [2.05, 4.69) is 15.4 Å². The molecule has 0 radical (unpaired) electrons. The molecule has 1 N–H and O–H groups in total. The standard InChI is InChI=1S/C11H15N5O2S/c1-3-15-11(10(16(17)18)8(2)14-15)13-5-4-9-12-6-7-19-9/h6-7,13H,3-5H2,1-2H3. The number of anilines is 1. The Morgan fingerprint density at radius 2 is 2.37 bits per heavy atom. The van der Waals surface area contributed by atoms with Crippen LogP contribution >= 0.6 is 11.3 Å². The van der Waals surface area contributed by atoms with E-state index in [1.165, 1.54) is 0 Å². The van der Waals surface area contributed by atoms with Crippen LogP contribution in [0.2, 0.25) is 0 Å². The minimum Gasteiger partial charge on any atom is -0.364 e. The predicted molar refractivity (Wildman–Crippen MR) is 73.6 cm³/mol. The fraction of sp³-hybridized carbons (Fsp3) is 0.455. The SMILES string of the molecule is CCn1nc(C)c([N+](=O)[O-])c1NCCc1nccs1. The molecule has 19 heavy (non-hydrogen) atoms. The van der Waals surface area contributed by atoms with Crippen molar-refractivity contribution >= 4 is 22.8 Å². The molecule has 0 saturated heterocycles. The number of aryl methyl sites for hydroxylation is 2. The van der Waals surface area contributed by atoms with E-state index in [9.17, 15) is 10.1 Å². The van der Waals surface area contributed by atoms with Gasteiger partial charge < -0.3 is 5.32 Å². The first kappa shape index (κ1) is 13.5. The molecule has 0 bridgehead atoms. The number of aromatic nitrogens is 3. The number of nitrogens with one attached hydrogen (secondary N) is 1. The summed E-state index contributed by atoms with van der Waals surface area (Å²) in [5.41, 5.74) is 0.490. The Balaban J connectivity index is 2.12. The lowest BCUT2D eigenvalue weighted by atomic mass is 10.3. The molecule has 2 aromatic heterocycles. The third kappa shape index (κ3) is 2.90. The van der Waals surface area contributed by atoms with Crippen LogP contribution in [-0.4, -0.2) is 26.2 Å². The minimum atomic E-state index is -0.389. The van der Waals surface area contributed by atoms with E-state index in [-0.39, 0.29) is 10.6 Å². The largest absolute Gasteiger partial charge is 0.364 e. The van der Waals surface area contributed by atoms with E-state index in [1.54, 1.807) is 29.1 Å². The lowest BCUT2D eigenvalue weighted by Crippen LogP contribution is -2.11. The summed E-state index contributed by atoms with van der Waals surface area (Å²) in [6.45, 7) is 4.74. The average Bonchev–Trinajstić information content (AvgIpc) is 2.97. The van der Waals surface area contributed by atoms with E-state index < -0.39 is 0 Å². The van der Waals surface area contributed by atoms with Crippen LogP contribution in [-0.2, 0) is 13.0 Å². The van der Waals surface area contributed by atoms with Crippen LogP contribution in [0.25, 0.3) is 0 Å². The third-order valence-electron chi connectivity index (χ3n) is 2.69. The van der Waals surface area contributed by atoms with Gasteiger partial charge in [0, 0.05) is 31.1 Å². The average molecular weight is 281 g/mol. The number of thiazole rings is 1. The smallest absolute Gasteiger partial charge is 0.333 e. The molecule has 2 heterocycles. The van der Waals surface area contributed by atoms with Crippen LogP contribution in [0.1, 0.15) is 17.6 Å². The molecule has 0 atom stereocenters. The summed E-state index contributed by atoms with van der Waals surface area (Å²) in [6, 6.07) is 0. The van der Waals surface area contributed by atoms with Crippen molar-refractivity contribution in [3.8, 4) is 0 Å². The van der Waals surface area contributed by atoms with E-state index >= 15 is 0 Å². The summed E-state index contributed by atoms with van der Waals surface area (Å²) in [4.78, 5) is 14.9. The van der Waals surface area contributed by atoms with E-state index in [0.29, 0.717) is 24.6 Å². The van der Waals surface area contributed by atoms with Crippen molar-refractivity contribution in [3.05, 3.63) is 32.4 Å². The molecule has 0 aliphatic carbocycles. The molecule has 7 nitrogen and oxygen atoms in total. The van der Waals surface area contributed by atoms with Crippen LogP contribution in [0.15, 0.2) is 11.6 Å². The zero-order valence-electron chi connectivity index (χ0n) is 10.8. The molecule has 102 valence electrons. The van der Waals surface area contributed by atoms with Gasteiger partial charge in [-0.05, 0) is 13.8 Å². The number of nitro groups is 1. The van der Waals surface area contributed by atoms with Crippen molar-refractivity contribution in [1.82, 2.24) is 14.8 Å². The molecule has 2 rings (SSSR count).